The predicted octanol–water partition coefficient (Wildman–Crippen LogP) is -2.46. The van der Waals surface area contributed by atoms with Gasteiger partial charge in [0.15, 0.2) is 6.10 Å². The van der Waals surface area contributed by atoms with Crippen molar-refractivity contribution in [3.05, 3.63) is 10.4 Å². The van der Waals surface area contributed by atoms with Crippen LogP contribution in [0.1, 0.15) is 25.7 Å². The third-order valence-electron chi connectivity index (χ3n) is 4.97. The van der Waals surface area contributed by atoms with E-state index in [1.54, 1.807) is 0 Å². The third kappa shape index (κ3) is 9.59. The Bertz CT molecular complexity index is 745. The highest BCUT2D eigenvalue weighted by atomic mass is 16.8. The van der Waals surface area contributed by atoms with E-state index in [4.69, 9.17) is 34.1 Å². The van der Waals surface area contributed by atoms with Crippen LogP contribution >= 0.6 is 0 Å². The minimum absolute atomic E-state index is 0.0146. The van der Waals surface area contributed by atoms with Crippen molar-refractivity contribution in [2.24, 2.45) is 5.92 Å². The summed E-state index contributed by atoms with van der Waals surface area (Å²) in [5.74, 6) is -3.96. The number of carbonyl (C=O) groups excluding carboxylic acids is 4. The molecule has 0 bridgehead atoms. The van der Waals surface area contributed by atoms with Crippen molar-refractivity contribution in [1.82, 2.24) is 10.5 Å². The van der Waals surface area contributed by atoms with Gasteiger partial charge in [0, 0.05) is 19.0 Å². The number of cyclic esters (lactones) is 1. The number of hydrogen-bond acceptors (Lipinski definition) is 17. The normalized spacial score (nSPS) is 28.6. The first-order valence-corrected chi connectivity index (χ1v) is 10.4. The third-order valence-corrected chi connectivity index (χ3v) is 4.97. The molecule has 0 aliphatic carbocycles. The highest BCUT2D eigenvalue weighted by Gasteiger charge is 2.49. The molecule has 2 aliphatic heterocycles. The summed E-state index contributed by atoms with van der Waals surface area (Å²) in [5, 5.41) is 58.0. The first kappa shape index (κ1) is 28.8. The Labute approximate surface area is 197 Å². The molecule has 2 rings (SSSR count). The van der Waals surface area contributed by atoms with E-state index in [1.807, 2.05) is 0 Å². The molecule has 0 aromatic rings. The molecule has 6 atom stereocenters. The average Bonchev–Trinajstić information content (AvgIpc) is 3.19. The lowest BCUT2D eigenvalue weighted by Gasteiger charge is -2.41. The molecule has 17 nitrogen and oxygen atoms in total. The zero-order valence-electron chi connectivity index (χ0n) is 18.3. The van der Waals surface area contributed by atoms with Crippen LogP contribution in [0.15, 0.2) is 0 Å². The van der Waals surface area contributed by atoms with Gasteiger partial charge in [-0.25, -0.2) is 0 Å². The highest BCUT2D eigenvalue weighted by Crippen LogP contribution is 2.27. The molecule has 0 aromatic heterocycles. The zero-order valence-corrected chi connectivity index (χ0v) is 18.3. The maximum Gasteiger partial charge on any atom is 0.308 e. The standard InChI is InChI=1S/C18H26N2O15/c21-11(1-3-19(27)28)32-8-10-15(25)16(26)17(34-12(22)2-4-20(29)30)18(33-10)35-14(24)6-9-5-13(23)31-7-9/h9-10,15-18,25-27,29H,1-8H2/q-2. The van der Waals surface area contributed by atoms with Gasteiger partial charge in [0.25, 0.3) is 0 Å². The Morgan fingerprint density at radius 1 is 0.971 bits per heavy atom. The van der Waals surface area contributed by atoms with Crippen LogP contribution in [0, 0.1) is 16.3 Å². The van der Waals surface area contributed by atoms with E-state index in [1.165, 1.54) is 0 Å². The van der Waals surface area contributed by atoms with Crippen LogP contribution in [0.4, 0.5) is 0 Å². The number of rotatable bonds is 12. The summed E-state index contributed by atoms with van der Waals surface area (Å²) in [5.41, 5.74) is 0. The fourth-order valence-corrected chi connectivity index (χ4v) is 3.20. The number of carbonyl (C=O) groups is 4. The summed E-state index contributed by atoms with van der Waals surface area (Å²) in [6.45, 7) is -1.94. The molecule has 6 unspecified atom stereocenters. The minimum Gasteiger partial charge on any atom is -0.762 e. The van der Waals surface area contributed by atoms with Crippen LogP contribution < -0.4 is 0 Å². The Balaban J connectivity index is 2.04. The van der Waals surface area contributed by atoms with Crippen LogP contribution in [0.25, 0.3) is 0 Å². The summed E-state index contributed by atoms with van der Waals surface area (Å²) >= 11 is 0. The molecule has 2 fully saturated rings. The molecule has 2 aliphatic rings. The summed E-state index contributed by atoms with van der Waals surface area (Å²) < 4.78 is 25.1. The Hall–Kier alpha value is -2.48. The fourth-order valence-electron chi connectivity index (χ4n) is 3.20. The van der Waals surface area contributed by atoms with Crippen LogP contribution in [0.5, 0.6) is 0 Å². The molecule has 0 aromatic carbocycles. The van der Waals surface area contributed by atoms with Crippen molar-refractivity contribution in [3.63, 3.8) is 0 Å². The monoisotopic (exact) mass is 510 g/mol. The van der Waals surface area contributed by atoms with E-state index < -0.39 is 103 Å². The molecule has 4 N–H and O–H groups in total. The van der Waals surface area contributed by atoms with E-state index in [2.05, 4.69) is 0 Å². The quantitative estimate of drug-likeness (QED) is 0.121. The van der Waals surface area contributed by atoms with Gasteiger partial charge in [-0.1, -0.05) is 0 Å². The van der Waals surface area contributed by atoms with Gasteiger partial charge in [0.1, 0.15) is 24.9 Å². The molecular formula is C18H26N2O15-2. The second kappa shape index (κ2) is 13.6. The van der Waals surface area contributed by atoms with Crippen molar-refractivity contribution in [2.75, 3.05) is 26.3 Å². The number of aliphatic hydroxyl groups excluding tert-OH is 2. The first-order valence-electron chi connectivity index (χ1n) is 10.4. The summed E-state index contributed by atoms with van der Waals surface area (Å²) in [4.78, 5) is 47.2. The number of aliphatic hydroxyl groups is 2. The number of hydroxylamine groups is 4. The van der Waals surface area contributed by atoms with Crippen LogP contribution in [-0.2, 0) is 42.9 Å². The van der Waals surface area contributed by atoms with Gasteiger partial charge in [0.05, 0.1) is 32.3 Å². The molecule has 0 spiro atoms. The van der Waals surface area contributed by atoms with E-state index in [0.717, 1.165) is 0 Å². The second-order valence-corrected chi connectivity index (χ2v) is 7.76. The minimum atomic E-state index is -1.90. The van der Waals surface area contributed by atoms with E-state index in [-0.39, 0.29) is 19.4 Å². The zero-order chi connectivity index (χ0) is 26.1. The van der Waals surface area contributed by atoms with Crippen LogP contribution in [0.2, 0.25) is 0 Å². The van der Waals surface area contributed by atoms with E-state index in [9.17, 15) is 39.8 Å². The molecule has 2 heterocycles. The summed E-state index contributed by atoms with van der Waals surface area (Å²) in [7, 11) is 0. The fraction of sp³-hybridized carbons (Fsp3) is 0.778. The van der Waals surface area contributed by atoms with Gasteiger partial charge in [0.2, 0.25) is 6.29 Å². The van der Waals surface area contributed by atoms with Crippen molar-refractivity contribution >= 4 is 23.9 Å². The topological polar surface area (TPSA) is 248 Å². The molecule has 17 heteroatoms. The molecule has 0 amide bonds. The molecule has 2 saturated heterocycles. The molecule has 35 heavy (non-hydrogen) atoms. The largest absolute Gasteiger partial charge is 0.762 e. The number of ether oxygens (including phenoxy) is 5. The maximum atomic E-state index is 12.4. The Kier molecular flexibility index (Phi) is 11.1. The van der Waals surface area contributed by atoms with Crippen molar-refractivity contribution in [1.29, 1.82) is 0 Å². The second-order valence-electron chi connectivity index (χ2n) is 7.76. The number of esters is 4. The van der Waals surface area contributed by atoms with Gasteiger partial charge in [-0.05, 0) is 0 Å². The predicted molar refractivity (Wildman–Crippen MR) is 104 cm³/mol. The van der Waals surface area contributed by atoms with Crippen molar-refractivity contribution in [3.8, 4) is 0 Å². The molecule has 200 valence electrons. The number of hydrogen-bond donors (Lipinski definition) is 4. The van der Waals surface area contributed by atoms with Crippen molar-refractivity contribution in [2.45, 2.75) is 56.4 Å². The van der Waals surface area contributed by atoms with E-state index in [0.29, 0.717) is 0 Å². The van der Waals surface area contributed by atoms with Gasteiger partial charge in [-0.2, -0.15) is 0 Å². The van der Waals surface area contributed by atoms with Crippen LogP contribution in [0.3, 0.4) is 0 Å². The van der Waals surface area contributed by atoms with Crippen molar-refractivity contribution < 1.29 is 63.5 Å². The molecular weight excluding hydrogens is 484 g/mol. The maximum absolute atomic E-state index is 12.4. The van der Waals surface area contributed by atoms with E-state index >= 15 is 0 Å². The molecule has 0 saturated carbocycles. The lowest BCUT2D eigenvalue weighted by atomic mass is 9.99. The van der Waals surface area contributed by atoms with Gasteiger partial charge >= 0.3 is 23.9 Å². The molecule has 0 radical (unpaired) electrons. The first-order chi connectivity index (χ1) is 16.5. The van der Waals surface area contributed by atoms with Gasteiger partial charge < -0.3 is 54.7 Å². The lowest BCUT2D eigenvalue weighted by Crippen LogP contribution is -2.61. The SMILES string of the molecule is O=C(CCN([O-])O)OCC1OC(OC(=O)CC2COC(=O)C2)C(OC(=O)CCN([O-])O)C(O)C1O. The average molecular weight is 510 g/mol. The summed E-state index contributed by atoms with van der Waals surface area (Å²) in [6.07, 6.45) is -10.2. The number of nitrogens with zero attached hydrogens (tertiary/aromatic N) is 2. The smallest absolute Gasteiger partial charge is 0.308 e. The lowest BCUT2D eigenvalue weighted by molar-refractivity contribution is -0.297. The van der Waals surface area contributed by atoms with Gasteiger partial charge in [-0.3, -0.25) is 29.6 Å². The summed E-state index contributed by atoms with van der Waals surface area (Å²) in [6, 6.07) is 0. The Morgan fingerprint density at radius 3 is 2.17 bits per heavy atom. The van der Waals surface area contributed by atoms with Gasteiger partial charge in [-0.15, -0.1) is 0 Å². The Morgan fingerprint density at radius 2 is 1.60 bits per heavy atom. The highest BCUT2D eigenvalue weighted by molar-refractivity contribution is 5.75. The van der Waals surface area contributed by atoms with Crippen LogP contribution in [-0.4, -0.2) is 112 Å².